The highest BCUT2D eigenvalue weighted by Gasteiger charge is 2.08. The van der Waals surface area contributed by atoms with Crippen molar-refractivity contribution in [3.05, 3.63) is 24.3 Å². The first kappa shape index (κ1) is 17.0. The summed E-state index contributed by atoms with van der Waals surface area (Å²) < 4.78 is 21.8. The van der Waals surface area contributed by atoms with Crippen LogP contribution in [0.1, 0.15) is 0 Å². The summed E-state index contributed by atoms with van der Waals surface area (Å²) in [7, 11) is 0. The number of nitrogens with two attached hydrogens (primary N) is 1. The van der Waals surface area contributed by atoms with Gasteiger partial charge in [-0.15, -0.1) is 0 Å². The molecule has 7 nitrogen and oxygen atoms in total. The highest BCUT2D eigenvalue weighted by atomic mass is 16.7. The van der Waals surface area contributed by atoms with E-state index in [1.807, 2.05) is 24.3 Å². The standard InChI is InChI=1S/C15H24N2O5/c16-14-1-3-15(4-2-14)17-13-21-10-9-19-6-5-18-7-8-20-11-12-22-17/h1-4H,5-13,16H2. The van der Waals surface area contributed by atoms with E-state index < -0.39 is 0 Å². The average molecular weight is 312 g/mol. The van der Waals surface area contributed by atoms with Crippen molar-refractivity contribution < 1.29 is 23.8 Å². The maximum atomic E-state index is 5.70. The fourth-order valence-corrected chi connectivity index (χ4v) is 1.84. The van der Waals surface area contributed by atoms with E-state index in [4.69, 9.17) is 29.5 Å². The second-order valence-electron chi connectivity index (χ2n) is 4.68. The zero-order valence-corrected chi connectivity index (χ0v) is 12.7. The van der Waals surface area contributed by atoms with E-state index in [0.717, 1.165) is 5.69 Å². The summed E-state index contributed by atoms with van der Waals surface area (Å²) in [6.45, 7) is 4.47. The zero-order valence-electron chi connectivity index (χ0n) is 12.7. The minimum atomic E-state index is 0.309. The number of hydrogen-bond donors (Lipinski definition) is 1. The number of benzene rings is 1. The van der Waals surface area contributed by atoms with Gasteiger partial charge in [-0.1, -0.05) is 0 Å². The zero-order chi connectivity index (χ0) is 15.5. The van der Waals surface area contributed by atoms with Crippen molar-refractivity contribution in [2.75, 3.05) is 70.4 Å². The Morgan fingerprint density at radius 1 is 0.682 bits per heavy atom. The fourth-order valence-electron chi connectivity index (χ4n) is 1.84. The first-order valence-corrected chi connectivity index (χ1v) is 7.43. The van der Waals surface area contributed by atoms with Crippen molar-refractivity contribution in [2.24, 2.45) is 0 Å². The van der Waals surface area contributed by atoms with Crippen LogP contribution in [0, 0.1) is 0 Å². The first-order chi connectivity index (χ1) is 10.9. The summed E-state index contributed by atoms with van der Waals surface area (Å²) in [4.78, 5) is 5.70. The van der Waals surface area contributed by atoms with Crippen molar-refractivity contribution in [1.29, 1.82) is 0 Å². The molecule has 1 aliphatic heterocycles. The Balaban J connectivity index is 1.86. The van der Waals surface area contributed by atoms with E-state index in [1.165, 1.54) is 0 Å². The molecule has 0 aromatic heterocycles. The van der Waals surface area contributed by atoms with Crippen LogP contribution in [0.25, 0.3) is 0 Å². The molecule has 0 radical (unpaired) electrons. The molecule has 7 heteroatoms. The molecule has 0 aliphatic carbocycles. The van der Waals surface area contributed by atoms with Gasteiger partial charge < -0.3 is 24.7 Å². The quantitative estimate of drug-likeness (QED) is 0.777. The van der Waals surface area contributed by atoms with Gasteiger partial charge in [0.15, 0.2) is 0 Å². The molecule has 124 valence electrons. The minimum absolute atomic E-state index is 0.309. The van der Waals surface area contributed by atoms with Crippen LogP contribution in [-0.4, -0.2) is 59.6 Å². The highest BCUT2D eigenvalue weighted by Crippen LogP contribution is 2.16. The molecule has 1 heterocycles. The average Bonchev–Trinajstić information content (AvgIpc) is 2.54. The third-order valence-corrected chi connectivity index (χ3v) is 2.98. The van der Waals surface area contributed by atoms with Gasteiger partial charge in [-0.2, -0.15) is 0 Å². The maximum absolute atomic E-state index is 5.70. The molecule has 0 amide bonds. The van der Waals surface area contributed by atoms with Gasteiger partial charge in [0, 0.05) is 5.69 Å². The number of nitrogen functional groups attached to an aromatic ring is 1. The number of ether oxygens (including phenoxy) is 4. The highest BCUT2D eigenvalue weighted by molar-refractivity contribution is 5.51. The smallest absolute Gasteiger partial charge is 0.143 e. The SMILES string of the molecule is Nc1ccc(N2COCCOCCOCCOCCO2)cc1. The minimum Gasteiger partial charge on any atom is -0.399 e. The lowest BCUT2D eigenvalue weighted by Gasteiger charge is -2.23. The van der Waals surface area contributed by atoms with E-state index in [1.54, 1.807) is 5.06 Å². The van der Waals surface area contributed by atoms with Crippen molar-refractivity contribution in [3.8, 4) is 0 Å². The lowest BCUT2D eigenvalue weighted by atomic mass is 10.3. The molecular weight excluding hydrogens is 288 g/mol. The monoisotopic (exact) mass is 312 g/mol. The van der Waals surface area contributed by atoms with Crippen LogP contribution >= 0.6 is 0 Å². The molecule has 0 saturated carbocycles. The summed E-state index contributed by atoms with van der Waals surface area (Å²) >= 11 is 0. The Morgan fingerprint density at radius 3 is 1.77 bits per heavy atom. The van der Waals surface area contributed by atoms with Crippen LogP contribution < -0.4 is 10.8 Å². The van der Waals surface area contributed by atoms with Gasteiger partial charge in [-0.25, -0.2) is 5.06 Å². The Labute approximate surface area is 130 Å². The molecule has 0 spiro atoms. The van der Waals surface area contributed by atoms with Gasteiger partial charge in [0.25, 0.3) is 0 Å². The molecule has 1 saturated heterocycles. The predicted octanol–water partition coefficient (Wildman–Crippen LogP) is 1.04. The summed E-state index contributed by atoms with van der Waals surface area (Å²) in [5.41, 5.74) is 7.29. The van der Waals surface area contributed by atoms with Crippen molar-refractivity contribution >= 4 is 11.4 Å². The Bertz CT molecular complexity index is 385. The lowest BCUT2D eigenvalue weighted by molar-refractivity contribution is -0.0155. The fraction of sp³-hybridized carbons (Fsp3) is 0.600. The molecule has 1 fully saturated rings. The van der Waals surface area contributed by atoms with Crippen LogP contribution in [0.5, 0.6) is 0 Å². The van der Waals surface area contributed by atoms with E-state index in [-0.39, 0.29) is 0 Å². The molecule has 1 aromatic carbocycles. The molecule has 0 atom stereocenters. The van der Waals surface area contributed by atoms with Gasteiger partial charge >= 0.3 is 0 Å². The molecular formula is C15H24N2O5. The third-order valence-electron chi connectivity index (χ3n) is 2.98. The third kappa shape index (κ3) is 6.59. The topological polar surface area (TPSA) is 75.4 Å². The van der Waals surface area contributed by atoms with Crippen LogP contribution in [0.15, 0.2) is 24.3 Å². The summed E-state index contributed by atoms with van der Waals surface area (Å²) in [5.74, 6) is 0. The van der Waals surface area contributed by atoms with Crippen molar-refractivity contribution in [2.45, 2.75) is 0 Å². The second-order valence-corrected chi connectivity index (χ2v) is 4.68. The largest absolute Gasteiger partial charge is 0.399 e. The Morgan fingerprint density at radius 2 is 1.18 bits per heavy atom. The summed E-state index contributed by atoms with van der Waals surface area (Å²) in [6, 6.07) is 7.42. The molecule has 1 aliphatic rings. The van der Waals surface area contributed by atoms with E-state index in [9.17, 15) is 0 Å². The second kappa shape index (κ2) is 10.4. The number of anilines is 2. The number of nitrogens with zero attached hydrogens (tertiary/aromatic N) is 1. The molecule has 1 aromatic rings. The van der Waals surface area contributed by atoms with Gasteiger partial charge in [-0.3, -0.25) is 4.84 Å². The molecule has 0 unspecified atom stereocenters. The number of hydrogen-bond acceptors (Lipinski definition) is 7. The molecule has 22 heavy (non-hydrogen) atoms. The Hall–Kier alpha value is -1.38. The maximum Gasteiger partial charge on any atom is 0.143 e. The van der Waals surface area contributed by atoms with E-state index in [2.05, 4.69) is 0 Å². The lowest BCUT2D eigenvalue weighted by Crippen LogP contribution is -2.29. The number of rotatable bonds is 1. The van der Waals surface area contributed by atoms with Gasteiger partial charge in [0.2, 0.25) is 0 Å². The Kier molecular flexibility index (Phi) is 8.00. The van der Waals surface area contributed by atoms with Crippen molar-refractivity contribution in [1.82, 2.24) is 0 Å². The van der Waals surface area contributed by atoms with Crippen LogP contribution in [-0.2, 0) is 23.8 Å². The summed E-state index contributed by atoms with van der Waals surface area (Å²) in [5, 5.41) is 1.68. The summed E-state index contributed by atoms with van der Waals surface area (Å²) in [6.07, 6.45) is 0. The van der Waals surface area contributed by atoms with Crippen LogP contribution in [0.2, 0.25) is 0 Å². The van der Waals surface area contributed by atoms with Crippen LogP contribution in [0.3, 0.4) is 0 Å². The predicted molar refractivity (Wildman–Crippen MR) is 82.6 cm³/mol. The normalized spacial score (nSPS) is 20.1. The number of hydroxylamine groups is 1. The van der Waals surface area contributed by atoms with Gasteiger partial charge in [-0.05, 0) is 24.3 Å². The molecule has 2 N–H and O–H groups in total. The first-order valence-electron chi connectivity index (χ1n) is 7.43. The van der Waals surface area contributed by atoms with E-state index >= 15 is 0 Å². The van der Waals surface area contributed by atoms with Crippen LogP contribution in [0.4, 0.5) is 11.4 Å². The van der Waals surface area contributed by atoms with Gasteiger partial charge in [0.05, 0.1) is 58.5 Å². The molecule has 0 bridgehead atoms. The van der Waals surface area contributed by atoms with E-state index in [0.29, 0.717) is 65.3 Å². The van der Waals surface area contributed by atoms with Crippen molar-refractivity contribution in [3.63, 3.8) is 0 Å². The molecule has 2 rings (SSSR count). The van der Waals surface area contributed by atoms with Gasteiger partial charge in [0.1, 0.15) is 6.73 Å².